The van der Waals surface area contributed by atoms with Crippen LogP contribution in [0.25, 0.3) is 11.2 Å². The average molecular weight is 317 g/mol. The molecular formula is C11H11BrClN3O. The molecule has 0 unspecified atom stereocenters. The van der Waals surface area contributed by atoms with Crippen molar-refractivity contribution in [2.24, 2.45) is 0 Å². The molecule has 2 rings (SSSR count). The molecule has 0 N–H and O–H groups in total. The van der Waals surface area contributed by atoms with Crippen LogP contribution in [0.5, 0.6) is 0 Å². The zero-order valence-corrected chi connectivity index (χ0v) is 11.6. The zero-order chi connectivity index (χ0) is 12.4. The molecule has 4 nitrogen and oxygen atoms in total. The smallest absolute Gasteiger partial charge is 0.288 e. The number of hydrogen-bond donors (Lipinski definition) is 0. The van der Waals surface area contributed by atoms with E-state index < -0.39 is 0 Å². The molecule has 0 saturated heterocycles. The highest BCUT2D eigenvalue weighted by Crippen LogP contribution is 2.16. The molecule has 0 fully saturated rings. The summed E-state index contributed by atoms with van der Waals surface area (Å²) in [6, 6.07) is 1.84. The molecular weight excluding hydrogens is 305 g/mol. The monoisotopic (exact) mass is 315 g/mol. The fraction of sp³-hybridized carbons (Fsp3) is 0.364. The number of aryl methyl sites for hydroxylation is 1. The third-order valence-electron chi connectivity index (χ3n) is 2.47. The molecule has 17 heavy (non-hydrogen) atoms. The van der Waals surface area contributed by atoms with Gasteiger partial charge in [-0.1, -0.05) is 24.9 Å². The van der Waals surface area contributed by atoms with Gasteiger partial charge in [-0.05, 0) is 28.4 Å². The van der Waals surface area contributed by atoms with E-state index in [1.54, 1.807) is 10.8 Å². The van der Waals surface area contributed by atoms with E-state index in [0.29, 0.717) is 17.7 Å². The summed E-state index contributed by atoms with van der Waals surface area (Å²) in [5, 5.41) is -0.0246. The first-order chi connectivity index (χ1) is 8.13. The normalized spacial score (nSPS) is 11.0. The van der Waals surface area contributed by atoms with Gasteiger partial charge in [0.1, 0.15) is 0 Å². The summed E-state index contributed by atoms with van der Waals surface area (Å²) in [6.07, 6.45) is 3.57. The number of fused-ring (bicyclic) bond motifs is 1. The van der Waals surface area contributed by atoms with Crippen LogP contribution in [0.3, 0.4) is 0 Å². The van der Waals surface area contributed by atoms with Crippen LogP contribution in [0.15, 0.2) is 21.5 Å². The molecule has 2 heterocycles. The second-order valence-electron chi connectivity index (χ2n) is 3.71. The highest BCUT2D eigenvalue weighted by molar-refractivity contribution is 9.10. The molecule has 0 aliphatic rings. The van der Waals surface area contributed by atoms with Gasteiger partial charge in [-0.15, -0.1) is 0 Å². The molecule has 0 aliphatic carbocycles. The molecule has 0 saturated carbocycles. The van der Waals surface area contributed by atoms with Gasteiger partial charge in [0.2, 0.25) is 0 Å². The molecule has 2 aromatic rings. The summed E-state index contributed by atoms with van der Waals surface area (Å²) >= 11 is 9.15. The number of pyridine rings is 1. The first kappa shape index (κ1) is 12.5. The van der Waals surface area contributed by atoms with Crippen molar-refractivity contribution >= 4 is 38.7 Å². The molecule has 0 amide bonds. The molecule has 0 aliphatic heterocycles. The molecule has 6 heteroatoms. The number of aromatic nitrogens is 3. The summed E-state index contributed by atoms with van der Waals surface area (Å²) in [7, 11) is 0. The Hall–Kier alpha value is -0.940. The lowest BCUT2D eigenvalue weighted by molar-refractivity contribution is 0.628. The van der Waals surface area contributed by atoms with Crippen LogP contribution in [-0.4, -0.2) is 14.5 Å². The maximum atomic E-state index is 11.9. The first-order valence-electron chi connectivity index (χ1n) is 5.35. The molecule has 0 aromatic carbocycles. The van der Waals surface area contributed by atoms with Crippen LogP contribution >= 0.6 is 27.5 Å². The van der Waals surface area contributed by atoms with Crippen LogP contribution in [0, 0.1) is 0 Å². The Morgan fingerprint density at radius 2 is 2.29 bits per heavy atom. The van der Waals surface area contributed by atoms with Crippen molar-refractivity contribution in [1.82, 2.24) is 14.5 Å². The summed E-state index contributed by atoms with van der Waals surface area (Å²) in [5.74, 6) is 0. The SMILES string of the molecule is CCCCn1c(=O)c(Cl)nc2ncc(Br)cc21. The molecule has 0 atom stereocenters. The van der Waals surface area contributed by atoms with Crippen LogP contribution in [0.1, 0.15) is 19.8 Å². The minimum absolute atomic E-state index is 0.0246. The molecule has 2 aromatic heterocycles. The van der Waals surface area contributed by atoms with Gasteiger partial charge in [0.25, 0.3) is 5.56 Å². The van der Waals surface area contributed by atoms with E-state index in [1.165, 1.54) is 0 Å². The van der Waals surface area contributed by atoms with Gasteiger partial charge in [-0.25, -0.2) is 9.97 Å². The number of rotatable bonds is 3. The van der Waals surface area contributed by atoms with E-state index in [0.717, 1.165) is 17.3 Å². The van der Waals surface area contributed by atoms with Crippen LogP contribution in [0.4, 0.5) is 0 Å². The molecule has 0 bridgehead atoms. The Labute approximate surface area is 112 Å². The molecule has 0 spiro atoms. The number of nitrogens with zero attached hydrogens (tertiary/aromatic N) is 3. The van der Waals surface area contributed by atoms with E-state index >= 15 is 0 Å². The van der Waals surface area contributed by atoms with Crippen molar-refractivity contribution in [3.63, 3.8) is 0 Å². The van der Waals surface area contributed by atoms with Gasteiger partial charge in [-0.3, -0.25) is 4.79 Å². The van der Waals surface area contributed by atoms with E-state index in [9.17, 15) is 4.79 Å². The average Bonchev–Trinajstić information content (AvgIpc) is 2.31. The summed E-state index contributed by atoms with van der Waals surface area (Å²) < 4.78 is 2.45. The quantitative estimate of drug-likeness (QED) is 0.874. The molecule has 90 valence electrons. The van der Waals surface area contributed by atoms with Crippen molar-refractivity contribution in [1.29, 1.82) is 0 Å². The van der Waals surface area contributed by atoms with E-state index in [1.807, 2.05) is 6.07 Å². The van der Waals surface area contributed by atoms with Crippen molar-refractivity contribution in [2.45, 2.75) is 26.3 Å². The largest absolute Gasteiger partial charge is 0.303 e. The number of unbranched alkanes of at least 4 members (excludes halogenated alkanes) is 1. The maximum Gasteiger partial charge on any atom is 0.288 e. The third kappa shape index (κ3) is 2.50. The third-order valence-corrected chi connectivity index (χ3v) is 3.15. The predicted molar refractivity (Wildman–Crippen MR) is 71.4 cm³/mol. The van der Waals surface area contributed by atoms with Crippen molar-refractivity contribution < 1.29 is 0 Å². The second kappa shape index (κ2) is 5.14. The molecule has 0 radical (unpaired) electrons. The number of hydrogen-bond acceptors (Lipinski definition) is 3. The highest BCUT2D eigenvalue weighted by atomic mass is 79.9. The minimum atomic E-state index is -0.257. The van der Waals surface area contributed by atoms with Gasteiger partial charge >= 0.3 is 0 Å². The van der Waals surface area contributed by atoms with Gasteiger partial charge in [0.15, 0.2) is 10.8 Å². The maximum absolute atomic E-state index is 11.9. The zero-order valence-electron chi connectivity index (χ0n) is 9.28. The lowest BCUT2D eigenvalue weighted by Crippen LogP contribution is -2.22. The van der Waals surface area contributed by atoms with Crippen molar-refractivity contribution in [2.75, 3.05) is 0 Å². The topological polar surface area (TPSA) is 47.8 Å². The van der Waals surface area contributed by atoms with Crippen molar-refractivity contribution in [3.8, 4) is 0 Å². The number of halogens is 2. The summed E-state index contributed by atoms with van der Waals surface area (Å²) in [4.78, 5) is 20.1. The minimum Gasteiger partial charge on any atom is -0.303 e. The lowest BCUT2D eigenvalue weighted by Gasteiger charge is -2.09. The van der Waals surface area contributed by atoms with E-state index in [4.69, 9.17) is 11.6 Å². The second-order valence-corrected chi connectivity index (χ2v) is 4.98. The first-order valence-corrected chi connectivity index (χ1v) is 6.52. The van der Waals surface area contributed by atoms with Gasteiger partial charge in [-0.2, -0.15) is 0 Å². The van der Waals surface area contributed by atoms with Crippen molar-refractivity contribution in [3.05, 3.63) is 32.2 Å². The summed E-state index contributed by atoms with van der Waals surface area (Å²) in [5.41, 5.74) is 0.948. The van der Waals surface area contributed by atoms with Crippen LogP contribution in [-0.2, 0) is 6.54 Å². The Bertz CT molecular complexity index is 611. The van der Waals surface area contributed by atoms with Crippen LogP contribution < -0.4 is 5.56 Å². The standard InChI is InChI=1S/C11H11BrClN3O/c1-2-3-4-16-8-5-7(12)6-14-10(8)15-9(13)11(16)17/h5-6H,2-4H2,1H3. The van der Waals surface area contributed by atoms with Crippen LogP contribution in [0.2, 0.25) is 5.15 Å². The predicted octanol–water partition coefficient (Wildman–Crippen LogP) is 3.01. The Kier molecular flexibility index (Phi) is 3.79. The Balaban J connectivity index is 2.71. The van der Waals surface area contributed by atoms with E-state index in [2.05, 4.69) is 32.8 Å². The Morgan fingerprint density at radius 3 is 3.00 bits per heavy atom. The summed E-state index contributed by atoms with van der Waals surface area (Å²) in [6.45, 7) is 2.70. The lowest BCUT2D eigenvalue weighted by atomic mass is 10.3. The van der Waals surface area contributed by atoms with Gasteiger partial charge in [0, 0.05) is 17.2 Å². The Morgan fingerprint density at radius 1 is 1.53 bits per heavy atom. The van der Waals surface area contributed by atoms with Gasteiger partial charge in [0.05, 0.1) is 5.52 Å². The van der Waals surface area contributed by atoms with E-state index in [-0.39, 0.29) is 10.7 Å². The fourth-order valence-corrected chi connectivity index (χ4v) is 2.11. The fourth-order valence-electron chi connectivity index (χ4n) is 1.61. The van der Waals surface area contributed by atoms with Gasteiger partial charge < -0.3 is 4.57 Å². The highest BCUT2D eigenvalue weighted by Gasteiger charge is 2.10.